The van der Waals surface area contributed by atoms with Crippen molar-refractivity contribution in [3.8, 4) is 0 Å². The van der Waals surface area contributed by atoms with Crippen LogP contribution in [0.15, 0.2) is 24.3 Å². The van der Waals surface area contributed by atoms with E-state index in [0.29, 0.717) is 13.2 Å². The quantitative estimate of drug-likeness (QED) is 0.890. The Labute approximate surface area is 124 Å². The minimum atomic E-state index is -0.390. The zero-order chi connectivity index (χ0) is 14.5. The van der Waals surface area contributed by atoms with Crippen molar-refractivity contribution in [3.63, 3.8) is 0 Å². The number of morpholine rings is 1. The molecular formula is C15H21ClN2O2. The van der Waals surface area contributed by atoms with Crippen LogP contribution in [0.5, 0.6) is 0 Å². The standard InChI is InChI=1S/C15H21ClN2O2/c1-10(2)18-15(19)14-8-17-13(9-20-14)7-11-3-5-12(16)6-4-11/h3-6,10,13-14,17H,7-9H2,1-2H3,(H,18,19). The average Bonchev–Trinajstić information content (AvgIpc) is 2.41. The smallest absolute Gasteiger partial charge is 0.250 e. The molecule has 1 amide bonds. The van der Waals surface area contributed by atoms with E-state index in [1.807, 2.05) is 38.1 Å². The lowest BCUT2D eigenvalue weighted by Crippen LogP contribution is -2.53. The lowest BCUT2D eigenvalue weighted by atomic mass is 10.1. The van der Waals surface area contributed by atoms with Gasteiger partial charge in [0.25, 0.3) is 5.91 Å². The predicted molar refractivity (Wildman–Crippen MR) is 80.0 cm³/mol. The van der Waals surface area contributed by atoms with Gasteiger partial charge in [0.1, 0.15) is 6.10 Å². The fourth-order valence-electron chi connectivity index (χ4n) is 2.21. The number of ether oxygens (including phenoxy) is 1. The number of halogens is 1. The van der Waals surface area contributed by atoms with Gasteiger partial charge in [0, 0.05) is 23.7 Å². The van der Waals surface area contributed by atoms with E-state index in [1.165, 1.54) is 5.56 Å². The van der Waals surface area contributed by atoms with Crippen LogP contribution < -0.4 is 10.6 Å². The average molecular weight is 297 g/mol. The van der Waals surface area contributed by atoms with Crippen molar-refractivity contribution in [2.24, 2.45) is 0 Å². The van der Waals surface area contributed by atoms with Gasteiger partial charge < -0.3 is 15.4 Å². The monoisotopic (exact) mass is 296 g/mol. The lowest BCUT2D eigenvalue weighted by Gasteiger charge is -2.30. The molecular weight excluding hydrogens is 276 g/mol. The third kappa shape index (κ3) is 4.47. The van der Waals surface area contributed by atoms with Crippen LogP contribution in [0.1, 0.15) is 19.4 Å². The Morgan fingerprint density at radius 1 is 1.45 bits per heavy atom. The van der Waals surface area contributed by atoms with E-state index in [2.05, 4.69) is 10.6 Å². The molecule has 0 aliphatic carbocycles. The van der Waals surface area contributed by atoms with E-state index >= 15 is 0 Å². The Morgan fingerprint density at radius 3 is 2.70 bits per heavy atom. The summed E-state index contributed by atoms with van der Waals surface area (Å²) in [5, 5.41) is 6.97. The maximum atomic E-state index is 11.8. The van der Waals surface area contributed by atoms with E-state index in [9.17, 15) is 4.79 Å². The van der Waals surface area contributed by atoms with Crippen molar-refractivity contribution < 1.29 is 9.53 Å². The molecule has 0 radical (unpaired) electrons. The predicted octanol–water partition coefficient (Wildman–Crippen LogP) is 1.76. The summed E-state index contributed by atoms with van der Waals surface area (Å²) in [4.78, 5) is 11.8. The molecule has 4 nitrogen and oxygen atoms in total. The molecule has 20 heavy (non-hydrogen) atoms. The fraction of sp³-hybridized carbons (Fsp3) is 0.533. The molecule has 1 aromatic carbocycles. The topological polar surface area (TPSA) is 50.4 Å². The molecule has 0 aromatic heterocycles. The maximum absolute atomic E-state index is 11.8. The first-order valence-electron chi connectivity index (χ1n) is 6.94. The van der Waals surface area contributed by atoms with Crippen molar-refractivity contribution in [1.29, 1.82) is 0 Å². The first-order chi connectivity index (χ1) is 9.54. The molecule has 0 bridgehead atoms. The van der Waals surface area contributed by atoms with Gasteiger partial charge in [0.05, 0.1) is 6.61 Å². The molecule has 2 unspecified atom stereocenters. The summed E-state index contributed by atoms with van der Waals surface area (Å²) in [6.45, 7) is 4.98. The zero-order valence-electron chi connectivity index (χ0n) is 11.9. The van der Waals surface area contributed by atoms with Gasteiger partial charge in [-0.15, -0.1) is 0 Å². The molecule has 1 aromatic rings. The Hall–Kier alpha value is -1.10. The summed E-state index contributed by atoms with van der Waals surface area (Å²) in [6, 6.07) is 8.18. The number of rotatable bonds is 4. The number of hydrogen-bond donors (Lipinski definition) is 2. The minimum Gasteiger partial charge on any atom is -0.365 e. The van der Waals surface area contributed by atoms with Gasteiger partial charge in [-0.05, 0) is 38.0 Å². The summed E-state index contributed by atoms with van der Waals surface area (Å²) in [6.07, 6.45) is 0.481. The van der Waals surface area contributed by atoms with Crippen LogP contribution in [-0.2, 0) is 16.0 Å². The first-order valence-corrected chi connectivity index (χ1v) is 7.32. The van der Waals surface area contributed by atoms with Gasteiger partial charge in [-0.25, -0.2) is 0 Å². The summed E-state index contributed by atoms with van der Waals surface area (Å²) in [5.74, 6) is -0.0440. The highest BCUT2D eigenvalue weighted by Gasteiger charge is 2.26. The summed E-state index contributed by atoms with van der Waals surface area (Å²) in [5.41, 5.74) is 1.21. The van der Waals surface area contributed by atoms with E-state index in [1.54, 1.807) is 0 Å². The van der Waals surface area contributed by atoms with Crippen molar-refractivity contribution >= 4 is 17.5 Å². The number of carbonyl (C=O) groups is 1. The van der Waals surface area contributed by atoms with Crippen LogP contribution in [0.25, 0.3) is 0 Å². The van der Waals surface area contributed by atoms with Crippen LogP contribution in [0.4, 0.5) is 0 Å². The number of benzene rings is 1. The van der Waals surface area contributed by atoms with Gasteiger partial charge in [-0.3, -0.25) is 4.79 Å². The molecule has 0 saturated carbocycles. The molecule has 1 fully saturated rings. The molecule has 2 atom stereocenters. The molecule has 0 spiro atoms. The van der Waals surface area contributed by atoms with E-state index in [0.717, 1.165) is 11.4 Å². The first kappa shape index (κ1) is 15.3. The van der Waals surface area contributed by atoms with Crippen LogP contribution in [0.3, 0.4) is 0 Å². The molecule has 2 rings (SSSR count). The van der Waals surface area contributed by atoms with Gasteiger partial charge in [0.15, 0.2) is 0 Å². The molecule has 2 N–H and O–H groups in total. The largest absolute Gasteiger partial charge is 0.365 e. The highest BCUT2D eigenvalue weighted by atomic mass is 35.5. The van der Waals surface area contributed by atoms with Crippen molar-refractivity contribution in [3.05, 3.63) is 34.9 Å². The molecule has 1 saturated heterocycles. The second-order valence-electron chi connectivity index (χ2n) is 5.42. The molecule has 5 heteroatoms. The maximum Gasteiger partial charge on any atom is 0.250 e. The number of amides is 1. The van der Waals surface area contributed by atoms with Gasteiger partial charge in [0.2, 0.25) is 0 Å². The SMILES string of the molecule is CC(C)NC(=O)C1CNC(Cc2ccc(Cl)cc2)CO1. The number of carbonyl (C=O) groups excluding carboxylic acids is 1. The molecule has 1 heterocycles. The summed E-state index contributed by atoms with van der Waals surface area (Å²) < 4.78 is 5.65. The van der Waals surface area contributed by atoms with Crippen LogP contribution in [0.2, 0.25) is 5.02 Å². The Balaban J connectivity index is 1.79. The Bertz CT molecular complexity index is 440. The number of nitrogens with one attached hydrogen (secondary N) is 2. The van der Waals surface area contributed by atoms with E-state index < -0.39 is 0 Å². The fourth-order valence-corrected chi connectivity index (χ4v) is 2.33. The normalized spacial score (nSPS) is 22.8. The van der Waals surface area contributed by atoms with Crippen LogP contribution >= 0.6 is 11.6 Å². The van der Waals surface area contributed by atoms with Crippen LogP contribution in [-0.4, -0.2) is 37.2 Å². The minimum absolute atomic E-state index is 0.0440. The van der Waals surface area contributed by atoms with Gasteiger partial charge in [-0.2, -0.15) is 0 Å². The highest BCUT2D eigenvalue weighted by molar-refractivity contribution is 6.30. The van der Waals surface area contributed by atoms with Gasteiger partial charge >= 0.3 is 0 Å². The molecule has 1 aliphatic rings. The van der Waals surface area contributed by atoms with Crippen molar-refractivity contribution in [2.75, 3.05) is 13.2 Å². The Kier molecular flexibility index (Phi) is 5.40. The summed E-state index contributed by atoms with van der Waals surface area (Å²) >= 11 is 5.87. The second-order valence-corrected chi connectivity index (χ2v) is 5.86. The lowest BCUT2D eigenvalue weighted by molar-refractivity contribution is -0.136. The molecule has 1 aliphatic heterocycles. The third-order valence-corrected chi connectivity index (χ3v) is 3.46. The second kappa shape index (κ2) is 7.07. The van der Waals surface area contributed by atoms with Crippen molar-refractivity contribution in [2.45, 2.75) is 38.5 Å². The molecule has 110 valence electrons. The van der Waals surface area contributed by atoms with E-state index in [-0.39, 0.29) is 24.1 Å². The zero-order valence-corrected chi connectivity index (χ0v) is 12.6. The number of hydrogen-bond acceptors (Lipinski definition) is 3. The van der Waals surface area contributed by atoms with Crippen molar-refractivity contribution in [1.82, 2.24) is 10.6 Å². The van der Waals surface area contributed by atoms with E-state index in [4.69, 9.17) is 16.3 Å². The Morgan fingerprint density at radius 2 is 2.15 bits per heavy atom. The third-order valence-electron chi connectivity index (χ3n) is 3.21. The summed E-state index contributed by atoms with van der Waals surface area (Å²) in [7, 11) is 0. The highest BCUT2D eigenvalue weighted by Crippen LogP contribution is 2.13. The van der Waals surface area contributed by atoms with Crippen LogP contribution in [0, 0.1) is 0 Å². The van der Waals surface area contributed by atoms with Gasteiger partial charge in [-0.1, -0.05) is 23.7 Å².